The summed E-state index contributed by atoms with van der Waals surface area (Å²) in [5.74, 6) is -0.357. The molecule has 9 aliphatic heterocycles. The van der Waals surface area contributed by atoms with Gasteiger partial charge in [-0.25, -0.2) is 0 Å². The van der Waals surface area contributed by atoms with Crippen molar-refractivity contribution in [2.45, 2.75) is 421 Å². The summed E-state index contributed by atoms with van der Waals surface area (Å²) in [7, 11) is 0. The summed E-state index contributed by atoms with van der Waals surface area (Å²) < 4.78 is 108. The molecule has 49 heteroatoms. The fourth-order valence-corrected chi connectivity index (χ4v) is 24.2. The van der Waals surface area contributed by atoms with E-state index in [1.54, 1.807) is 0 Å². The molecule has 3 saturated carbocycles. The van der Waals surface area contributed by atoms with Crippen LogP contribution in [0.4, 0.5) is 0 Å². The van der Waals surface area contributed by atoms with Gasteiger partial charge in [0.05, 0.1) is 83.4 Å². The van der Waals surface area contributed by atoms with Gasteiger partial charge in [0.15, 0.2) is 56.6 Å². The second-order valence-electron chi connectivity index (χ2n) is 41.1. The fourth-order valence-electron chi connectivity index (χ4n) is 24.2. The van der Waals surface area contributed by atoms with Crippen LogP contribution in [0.25, 0.3) is 0 Å². The fraction of sp³-hybridized carbons (Fsp3) is 0.977. The minimum absolute atomic E-state index is 0.00488. The lowest BCUT2D eigenvalue weighted by Gasteiger charge is -2.75. The molecule has 0 aromatic heterocycles. The first-order chi connectivity index (χ1) is 63.4. The zero-order valence-electron chi connectivity index (χ0n) is 76.7. The summed E-state index contributed by atoms with van der Waals surface area (Å²) in [6.07, 6.45) is -84.6. The lowest BCUT2D eigenvalue weighted by molar-refractivity contribution is -0.407. The van der Waals surface area contributed by atoms with E-state index in [-0.39, 0.29) is 18.3 Å². The minimum atomic E-state index is -2.35. The lowest BCUT2D eigenvalue weighted by atomic mass is 9.29. The first-order valence-corrected chi connectivity index (χ1v) is 46.4. The average molecular weight is 1960 g/mol. The average Bonchev–Trinajstić information content (AvgIpc) is 1.61. The maximum absolute atomic E-state index is 13.4. The molecular formula is C86H146O49. The SMILES string of the molecule is C[C@H](CC[C@@H](OC1O[C@H](CO)[C@@H](OC2O[C@H](CO)[C@@H](OC3O[C@H](CO)[C@@H](O)[C@H](O)[C@H]3OC3O[C@H](CO)[C@@H](O)[C@H](O)[C@H]3O)[C@H](O)[C@H]2O)[C@H](O)[C@H]1OC1O[C@H](CO)[C@@H](OC2O[C@H](CO)[C@@H](O)[C@H](O)[C@H]2O)[C@H](O)[C@H]1O)C(C)(C)O)C1CC[C@@]2(C)[C@]3(C)CC=C4C(C)(C)[C@@H](OC5O[C@H](CO)[C@@H](OC6O[C@H](CO)[C@@H](OC7O[C@H](CO)[C@@H](O)[C@H](O)[C@H]7O)[C@H](O)[C@H]6O)[C@H](O)[C@H]5O)CC[C@@]4(C)[C@]3(C)C(O)C[C@]12C. The molecule has 31 N–H and O–H groups in total. The second-order valence-corrected chi connectivity index (χ2v) is 41.1. The highest BCUT2D eigenvalue weighted by molar-refractivity contribution is 5.39. The summed E-state index contributed by atoms with van der Waals surface area (Å²) in [4.78, 5) is 0. The highest BCUT2D eigenvalue weighted by Gasteiger charge is 2.78. The Balaban J connectivity index is 0.706. The molecule has 784 valence electrons. The van der Waals surface area contributed by atoms with Gasteiger partial charge in [-0.05, 0) is 98.7 Å². The third-order valence-electron chi connectivity index (χ3n) is 33.0. The van der Waals surface area contributed by atoms with E-state index in [1.807, 2.05) is 20.8 Å². The normalized spacial score (nSPS) is 53.1. The number of allylic oxidation sites excluding steroid dienone is 1. The molecule has 13 rings (SSSR count). The van der Waals surface area contributed by atoms with Gasteiger partial charge < -0.3 is 244 Å². The standard InChI is InChI=1S/C86H146O49/c1-29(30-13-17-84(8)83(30,7)19-41(96)86(10)82(6)16-15-42(80(2,3)40(82)14-18-85(84,86)9)127-71-59(112)52(105)64(35(24-91)122-71)131-75-60(113)53(106)65(36(25-92)123-75)129-72-56(109)48(101)44(97)31(20-87)118-72)11-12-43(81(4,5)117)128-78-70(135-77-62(115)54(107)66(37(26-93)125-77)130-73-57(110)49(102)45(98)32(21-88)119-73)63(116)68(39(28-95)126-78)132-76-61(114)55(108)67(38(27-94)124-76)133-79-69(51(104)47(100)34(23-90)121-79)134-74-58(111)50(103)46(99)33(22-89)120-74/h14,29-39,41-79,87-117H,11-13,15-28H2,1-10H3/t29-,30?,31-,32-,33-,34-,35-,36-,37-,38-,39-,41?,42+,43-,44-,45-,46-,47-,48+,49+,50+,51+,52-,53-,54-,55-,56-,57-,58-,59-,60-,61-,62-,63+,64-,65-,66-,67-,68-,69-,70-,71?,72?,73?,74?,75?,76?,77?,78?,79?,82-,83-,84-,85+,86+/m1/s1. The third kappa shape index (κ3) is 19.7. The van der Waals surface area contributed by atoms with E-state index in [0.29, 0.717) is 44.9 Å². The van der Waals surface area contributed by atoms with Crippen LogP contribution < -0.4 is 0 Å². The number of hydrogen-bond acceptors (Lipinski definition) is 49. The van der Waals surface area contributed by atoms with Gasteiger partial charge in [0.1, 0.15) is 220 Å². The first kappa shape index (κ1) is 110. The molecule has 13 aliphatic rings. The smallest absolute Gasteiger partial charge is 0.187 e. The molecule has 0 radical (unpaired) electrons. The van der Waals surface area contributed by atoms with Crippen LogP contribution in [-0.4, -0.2) is 518 Å². The monoisotopic (exact) mass is 1960 g/mol. The Morgan fingerprint density at radius 3 is 0.970 bits per heavy atom. The van der Waals surface area contributed by atoms with Crippen LogP contribution in [0.3, 0.4) is 0 Å². The van der Waals surface area contributed by atoms with Crippen molar-refractivity contribution in [2.24, 2.45) is 44.3 Å². The Labute approximate surface area is 777 Å². The van der Waals surface area contributed by atoms with Crippen molar-refractivity contribution in [1.29, 1.82) is 0 Å². The van der Waals surface area contributed by atoms with Crippen LogP contribution >= 0.6 is 0 Å². The maximum atomic E-state index is 13.4. The van der Waals surface area contributed by atoms with Gasteiger partial charge in [-0.3, -0.25) is 0 Å². The maximum Gasteiger partial charge on any atom is 0.187 e. The predicted molar refractivity (Wildman–Crippen MR) is 440 cm³/mol. The van der Waals surface area contributed by atoms with Gasteiger partial charge >= 0.3 is 0 Å². The molecule has 135 heavy (non-hydrogen) atoms. The van der Waals surface area contributed by atoms with Crippen LogP contribution in [0.1, 0.15) is 121 Å². The zero-order valence-corrected chi connectivity index (χ0v) is 76.7. The summed E-state index contributed by atoms with van der Waals surface area (Å²) in [6, 6.07) is 0. The number of aliphatic hydroxyl groups is 31. The molecule has 0 amide bonds. The Kier molecular flexibility index (Phi) is 35.1. The molecule has 12 fully saturated rings. The van der Waals surface area contributed by atoms with Gasteiger partial charge in [-0.1, -0.05) is 67.0 Å². The van der Waals surface area contributed by atoms with Crippen molar-refractivity contribution >= 4 is 0 Å². The molecule has 9 saturated heterocycles. The molecule has 0 aromatic carbocycles. The number of rotatable bonds is 32. The quantitative estimate of drug-likeness (QED) is 0.0278. The van der Waals surface area contributed by atoms with E-state index < -0.39 is 392 Å². The van der Waals surface area contributed by atoms with Crippen LogP contribution in [0.5, 0.6) is 0 Å². The Bertz CT molecular complexity index is 3800. The summed E-state index contributed by atoms with van der Waals surface area (Å²) in [5, 5.41) is 345. The number of hydrogen-bond donors (Lipinski definition) is 31. The van der Waals surface area contributed by atoms with E-state index in [2.05, 4.69) is 40.7 Å². The van der Waals surface area contributed by atoms with Crippen molar-refractivity contribution in [1.82, 2.24) is 0 Å². The highest BCUT2D eigenvalue weighted by Crippen LogP contribution is 2.82. The first-order valence-electron chi connectivity index (χ1n) is 46.4. The third-order valence-corrected chi connectivity index (χ3v) is 33.0. The Morgan fingerprint density at radius 1 is 0.326 bits per heavy atom. The van der Waals surface area contributed by atoms with Crippen molar-refractivity contribution in [3.8, 4) is 0 Å². The van der Waals surface area contributed by atoms with Crippen LogP contribution in [0.2, 0.25) is 0 Å². The molecule has 9 heterocycles. The number of fused-ring (bicyclic) bond motifs is 5. The van der Waals surface area contributed by atoms with E-state index >= 15 is 0 Å². The molecule has 0 aromatic rings. The van der Waals surface area contributed by atoms with Gasteiger partial charge in [0, 0.05) is 10.8 Å². The molecule has 4 aliphatic carbocycles. The number of aliphatic hydroxyl groups excluding tert-OH is 30. The van der Waals surface area contributed by atoms with Crippen molar-refractivity contribution < 1.29 is 244 Å². The topological polar surface area (TPSA) is 793 Å². The summed E-state index contributed by atoms with van der Waals surface area (Å²) in [6.45, 7) is 11.1. The lowest BCUT2D eigenvalue weighted by Crippen LogP contribution is -2.72. The number of ether oxygens (including phenoxy) is 18. The molecule has 0 bridgehead atoms. The predicted octanol–water partition coefficient (Wildman–Crippen LogP) is -13.3. The van der Waals surface area contributed by atoms with Crippen molar-refractivity contribution in [3.63, 3.8) is 0 Å². The molecular weight excluding hydrogens is 1820 g/mol. The van der Waals surface area contributed by atoms with Crippen molar-refractivity contribution in [2.75, 3.05) is 59.5 Å². The van der Waals surface area contributed by atoms with Crippen molar-refractivity contribution in [3.05, 3.63) is 11.6 Å². The molecule has 49 nitrogen and oxygen atoms in total. The van der Waals surface area contributed by atoms with Crippen LogP contribution in [0.15, 0.2) is 11.6 Å². The summed E-state index contributed by atoms with van der Waals surface area (Å²) in [5.41, 5.74) is -5.12. The molecule has 11 unspecified atom stereocenters. The molecule has 55 atom stereocenters. The molecule has 0 spiro atoms. The highest BCUT2D eigenvalue weighted by atomic mass is 16.8. The second kappa shape index (κ2) is 43.1. The Hall–Kier alpha value is -2.22. The Morgan fingerprint density at radius 2 is 0.615 bits per heavy atom. The largest absolute Gasteiger partial charge is 0.394 e. The summed E-state index contributed by atoms with van der Waals surface area (Å²) >= 11 is 0. The minimum Gasteiger partial charge on any atom is -0.394 e. The van der Waals surface area contributed by atoms with Gasteiger partial charge in [-0.2, -0.15) is 0 Å². The van der Waals surface area contributed by atoms with E-state index in [0.717, 1.165) is 5.57 Å². The van der Waals surface area contributed by atoms with E-state index in [1.165, 1.54) is 13.8 Å². The van der Waals surface area contributed by atoms with Gasteiger partial charge in [-0.15, -0.1) is 0 Å². The van der Waals surface area contributed by atoms with E-state index in [9.17, 15) is 158 Å². The van der Waals surface area contributed by atoms with Gasteiger partial charge in [0.2, 0.25) is 0 Å². The van der Waals surface area contributed by atoms with Crippen LogP contribution in [0, 0.1) is 44.3 Å². The van der Waals surface area contributed by atoms with E-state index in [4.69, 9.17) is 85.3 Å². The van der Waals surface area contributed by atoms with Crippen LogP contribution in [-0.2, 0) is 85.3 Å². The van der Waals surface area contributed by atoms with Gasteiger partial charge in [0.25, 0.3) is 0 Å². The zero-order chi connectivity index (χ0) is 99.4.